The monoisotopic (exact) mass is 489 g/mol. The van der Waals surface area contributed by atoms with Gasteiger partial charge in [-0.3, -0.25) is 0 Å². The second-order valence-electron chi connectivity index (χ2n) is 7.21. The lowest BCUT2D eigenvalue weighted by molar-refractivity contribution is -0.137. The van der Waals surface area contributed by atoms with Gasteiger partial charge in [0.05, 0.1) is 11.8 Å². The average molecular weight is 489 g/mol. The van der Waals surface area contributed by atoms with Crippen LogP contribution in [0.15, 0.2) is 59.1 Å². The van der Waals surface area contributed by atoms with Crippen LogP contribution in [0.25, 0.3) is 5.00 Å². The molecule has 2 aromatic heterocycles. The number of nitrogens with one attached hydrogen (secondary N) is 1. The summed E-state index contributed by atoms with van der Waals surface area (Å²) in [6, 6.07) is 12.2. The van der Waals surface area contributed by atoms with E-state index in [-0.39, 0.29) is 20.7 Å². The lowest BCUT2D eigenvalue weighted by Crippen LogP contribution is -2.29. The van der Waals surface area contributed by atoms with Crippen molar-refractivity contribution in [3.63, 3.8) is 0 Å². The van der Waals surface area contributed by atoms with Gasteiger partial charge >= 0.3 is 12.3 Å². The summed E-state index contributed by atoms with van der Waals surface area (Å²) < 4.78 is 67.3. The fourth-order valence-corrected chi connectivity index (χ4v) is 5.68. The normalized spacial score (nSPS) is 20.3. The number of sulfonamides is 1. The van der Waals surface area contributed by atoms with Crippen LogP contribution in [0.5, 0.6) is 0 Å². The fraction of sp³-hybridized carbons (Fsp3) is 0.263. The van der Waals surface area contributed by atoms with Gasteiger partial charge in [-0.05, 0) is 24.1 Å². The van der Waals surface area contributed by atoms with Crippen LogP contribution < -0.4 is 4.72 Å². The zero-order valence-electron chi connectivity index (χ0n) is 16.4. The highest BCUT2D eigenvalue weighted by atomic mass is 32.2. The number of hydrogen-bond acceptors (Lipinski definition) is 5. The first-order valence-electron chi connectivity index (χ1n) is 9.05. The third kappa shape index (κ3) is 5.29. The SMILES string of the molecule is C[C@]1(c2ccccc2)C[C@@H]1NS(=O)(=O)c1ccc(-n2cc(C(F)(F)F)cn2)s1.O=C(O)O. The van der Waals surface area contributed by atoms with Crippen molar-refractivity contribution in [1.82, 2.24) is 14.5 Å². The molecule has 1 aliphatic rings. The molecule has 0 bridgehead atoms. The van der Waals surface area contributed by atoms with Crippen molar-refractivity contribution >= 4 is 27.5 Å². The Labute approximate surface area is 185 Å². The molecule has 0 radical (unpaired) electrons. The van der Waals surface area contributed by atoms with Gasteiger partial charge in [-0.1, -0.05) is 37.3 Å². The lowest BCUT2D eigenvalue weighted by atomic mass is 9.98. The van der Waals surface area contributed by atoms with Crippen LogP contribution in [-0.4, -0.2) is 40.6 Å². The average Bonchev–Trinajstić information content (AvgIpc) is 3.14. The second kappa shape index (κ2) is 8.56. The van der Waals surface area contributed by atoms with Crippen LogP contribution in [0.1, 0.15) is 24.5 Å². The molecule has 0 aliphatic heterocycles. The molecule has 0 spiro atoms. The van der Waals surface area contributed by atoms with E-state index in [0.29, 0.717) is 12.6 Å². The number of carboxylic acid groups (broad SMARTS) is 2. The summed E-state index contributed by atoms with van der Waals surface area (Å²) in [5, 5.41) is 17.9. The molecule has 0 amide bonds. The van der Waals surface area contributed by atoms with Gasteiger partial charge < -0.3 is 10.2 Å². The second-order valence-corrected chi connectivity index (χ2v) is 10.2. The number of carbonyl (C=O) groups is 1. The molecule has 3 aromatic rings. The highest BCUT2D eigenvalue weighted by Gasteiger charge is 2.53. The molecular formula is C19H18F3N3O5S2. The van der Waals surface area contributed by atoms with Crippen molar-refractivity contribution in [2.45, 2.75) is 35.2 Å². The van der Waals surface area contributed by atoms with Gasteiger partial charge in [0.1, 0.15) is 9.21 Å². The Hall–Kier alpha value is -2.90. The number of benzene rings is 1. The minimum Gasteiger partial charge on any atom is -0.450 e. The molecule has 1 fully saturated rings. The summed E-state index contributed by atoms with van der Waals surface area (Å²) in [6.45, 7) is 2.00. The third-order valence-electron chi connectivity index (χ3n) is 4.94. The van der Waals surface area contributed by atoms with E-state index in [1.54, 1.807) is 0 Å². The number of thiophene rings is 1. The van der Waals surface area contributed by atoms with Gasteiger partial charge in [-0.2, -0.15) is 18.3 Å². The number of aromatic nitrogens is 2. The summed E-state index contributed by atoms with van der Waals surface area (Å²) >= 11 is 0.865. The first-order valence-corrected chi connectivity index (χ1v) is 11.3. The summed E-state index contributed by atoms with van der Waals surface area (Å²) in [4.78, 5) is 8.56. The van der Waals surface area contributed by atoms with Crippen molar-refractivity contribution in [3.05, 3.63) is 66.0 Å². The Bertz CT molecular complexity index is 1200. The molecule has 0 unspecified atom stereocenters. The number of alkyl halides is 3. The van der Waals surface area contributed by atoms with E-state index in [2.05, 4.69) is 9.82 Å². The molecule has 3 N–H and O–H groups in total. The molecule has 172 valence electrons. The highest BCUT2D eigenvalue weighted by Crippen LogP contribution is 2.48. The standard InChI is InChI=1S/C18H16F3N3O2S2.CH2O3/c1-17(12-5-3-2-4-6-12)9-14(17)23-28(25,26)16-8-7-15(27-16)24-11-13(10-22-24)18(19,20)21;2-1(3)4/h2-8,10-11,14,23H,9H2,1H3;(H2,2,3,4)/t14-,17+;/m0./s1. The van der Waals surface area contributed by atoms with Gasteiger partial charge in [0.15, 0.2) is 0 Å². The van der Waals surface area contributed by atoms with Gasteiger partial charge in [-0.25, -0.2) is 22.6 Å². The lowest BCUT2D eigenvalue weighted by Gasteiger charge is -2.12. The van der Waals surface area contributed by atoms with Crippen molar-refractivity contribution < 1.29 is 36.6 Å². The maximum atomic E-state index is 12.7. The molecule has 1 aliphatic carbocycles. The Morgan fingerprint density at radius 2 is 1.84 bits per heavy atom. The predicted molar refractivity (Wildman–Crippen MR) is 110 cm³/mol. The number of rotatable bonds is 5. The summed E-state index contributed by atoms with van der Waals surface area (Å²) in [5.74, 6) is 0. The zero-order valence-corrected chi connectivity index (χ0v) is 18.1. The van der Waals surface area contributed by atoms with Crippen molar-refractivity contribution in [3.8, 4) is 5.00 Å². The summed E-state index contributed by atoms with van der Waals surface area (Å²) in [6.07, 6.45) is -4.10. The molecule has 4 rings (SSSR count). The topological polar surface area (TPSA) is 122 Å². The summed E-state index contributed by atoms with van der Waals surface area (Å²) in [5.41, 5.74) is -0.0938. The van der Waals surface area contributed by atoms with Crippen LogP contribution in [-0.2, 0) is 21.6 Å². The van der Waals surface area contributed by atoms with Crippen LogP contribution in [0.3, 0.4) is 0 Å². The van der Waals surface area contributed by atoms with Crippen LogP contribution >= 0.6 is 11.3 Å². The van der Waals surface area contributed by atoms with E-state index in [0.717, 1.165) is 27.8 Å². The molecular weight excluding hydrogens is 471 g/mol. The Morgan fingerprint density at radius 3 is 2.41 bits per heavy atom. The Balaban J connectivity index is 0.000000668. The van der Waals surface area contributed by atoms with E-state index in [4.69, 9.17) is 15.0 Å². The molecule has 32 heavy (non-hydrogen) atoms. The molecule has 1 aromatic carbocycles. The number of nitrogens with zero attached hydrogens (tertiary/aromatic N) is 2. The maximum absolute atomic E-state index is 12.7. The molecule has 2 atom stereocenters. The van der Waals surface area contributed by atoms with Gasteiger partial charge in [0.2, 0.25) is 10.0 Å². The first-order chi connectivity index (χ1) is 14.8. The predicted octanol–water partition coefficient (Wildman–Crippen LogP) is 4.18. The number of halogens is 3. The van der Waals surface area contributed by atoms with Crippen LogP contribution in [0.2, 0.25) is 0 Å². The smallest absolute Gasteiger partial charge is 0.450 e. The van der Waals surface area contributed by atoms with Gasteiger partial charge in [-0.15, -0.1) is 11.3 Å². The zero-order chi connectivity index (χ0) is 23.7. The number of hydrogen-bond donors (Lipinski definition) is 3. The van der Waals surface area contributed by atoms with Crippen molar-refractivity contribution in [2.75, 3.05) is 0 Å². The quantitative estimate of drug-likeness (QED) is 0.494. The maximum Gasteiger partial charge on any atom is 0.503 e. The van der Waals surface area contributed by atoms with Crippen molar-refractivity contribution in [2.24, 2.45) is 0 Å². The Kier molecular flexibility index (Phi) is 6.36. The van der Waals surface area contributed by atoms with Gasteiger partial charge in [0.25, 0.3) is 0 Å². The fourth-order valence-electron chi connectivity index (χ4n) is 3.09. The third-order valence-corrected chi connectivity index (χ3v) is 7.97. The van der Waals surface area contributed by atoms with E-state index < -0.39 is 27.9 Å². The molecule has 1 saturated carbocycles. The van der Waals surface area contributed by atoms with E-state index in [1.165, 1.54) is 12.1 Å². The largest absolute Gasteiger partial charge is 0.503 e. The van der Waals surface area contributed by atoms with Gasteiger partial charge in [0, 0.05) is 17.7 Å². The first kappa shape index (κ1) is 23.8. The summed E-state index contributed by atoms with van der Waals surface area (Å²) in [7, 11) is -3.78. The molecule has 0 saturated heterocycles. The van der Waals surface area contributed by atoms with E-state index in [1.807, 2.05) is 37.3 Å². The van der Waals surface area contributed by atoms with Crippen LogP contribution in [0.4, 0.5) is 18.0 Å². The minimum absolute atomic E-state index is 0.0360. The highest BCUT2D eigenvalue weighted by molar-refractivity contribution is 7.91. The van der Waals surface area contributed by atoms with E-state index >= 15 is 0 Å². The Morgan fingerprint density at radius 1 is 1.22 bits per heavy atom. The van der Waals surface area contributed by atoms with E-state index in [9.17, 15) is 21.6 Å². The van der Waals surface area contributed by atoms with Crippen LogP contribution in [0, 0.1) is 0 Å². The molecule has 8 nitrogen and oxygen atoms in total. The molecule has 2 heterocycles. The van der Waals surface area contributed by atoms with Crippen molar-refractivity contribution in [1.29, 1.82) is 0 Å². The molecule has 13 heteroatoms. The minimum atomic E-state index is -4.50.